The molecule has 0 bridgehead atoms. The van der Waals surface area contributed by atoms with E-state index in [1.54, 1.807) is 17.5 Å². The van der Waals surface area contributed by atoms with Crippen LogP contribution in [0.25, 0.3) is 0 Å². The molecular formula is C14H13F2NO2S. The average molecular weight is 297 g/mol. The molecule has 1 atom stereocenters. The van der Waals surface area contributed by atoms with E-state index in [0.717, 1.165) is 12.1 Å². The van der Waals surface area contributed by atoms with E-state index in [9.17, 15) is 18.7 Å². The molecule has 0 aliphatic heterocycles. The van der Waals surface area contributed by atoms with Gasteiger partial charge in [-0.2, -0.15) is 0 Å². The summed E-state index contributed by atoms with van der Waals surface area (Å²) < 4.78 is 26.9. The Bertz CT molecular complexity index is 591. The number of halogens is 2. The zero-order valence-electron chi connectivity index (χ0n) is 10.7. The minimum atomic E-state index is -1.29. The lowest BCUT2D eigenvalue weighted by Gasteiger charge is -2.22. The molecule has 106 valence electrons. The van der Waals surface area contributed by atoms with E-state index in [-0.39, 0.29) is 6.54 Å². The van der Waals surface area contributed by atoms with Gasteiger partial charge >= 0.3 is 0 Å². The van der Waals surface area contributed by atoms with Crippen LogP contribution >= 0.6 is 11.3 Å². The predicted octanol–water partition coefficient (Wildman–Crippen LogP) is 2.66. The van der Waals surface area contributed by atoms with Gasteiger partial charge in [0.15, 0.2) is 0 Å². The van der Waals surface area contributed by atoms with Crippen LogP contribution in [0.5, 0.6) is 0 Å². The Labute approximate surface area is 118 Å². The van der Waals surface area contributed by atoms with Gasteiger partial charge in [-0.3, -0.25) is 4.79 Å². The van der Waals surface area contributed by atoms with Gasteiger partial charge in [0, 0.05) is 4.88 Å². The Morgan fingerprint density at radius 2 is 1.95 bits per heavy atom. The van der Waals surface area contributed by atoms with Gasteiger partial charge in [-0.25, -0.2) is 8.78 Å². The number of amides is 1. The molecule has 0 aliphatic carbocycles. The first-order valence-electron chi connectivity index (χ1n) is 5.90. The first kappa shape index (κ1) is 14.6. The Morgan fingerprint density at radius 1 is 1.30 bits per heavy atom. The molecule has 0 fully saturated rings. The molecule has 0 radical (unpaired) electrons. The van der Waals surface area contributed by atoms with Gasteiger partial charge in [-0.15, -0.1) is 11.3 Å². The van der Waals surface area contributed by atoms with Crippen LogP contribution in [0.15, 0.2) is 35.7 Å². The fourth-order valence-electron chi connectivity index (χ4n) is 1.73. The number of benzene rings is 1. The molecule has 1 aromatic heterocycles. The number of nitrogens with one attached hydrogen (secondary N) is 1. The maximum absolute atomic E-state index is 13.4. The lowest BCUT2D eigenvalue weighted by Crippen LogP contribution is -2.38. The molecule has 2 N–H and O–H groups in total. The molecule has 1 heterocycles. The number of rotatable bonds is 4. The van der Waals surface area contributed by atoms with Crippen molar-refractivity contribution in [3.63, 3.8) is 0 Å². The van der Waals surface area contributed by atoms with Crippen molar-refractivity contribution in [3.8, 4) is 0 Å². The summed E-state index contributed by atoms with van der Waals surface area (Å²) in [5.74, 6) is -2.76. The third kappa shape index (κ3) is 3.02. The van der Waals surface area contributed by atoms with Crippen molar-refractivity contribution in [1.82, 2.24) is 5.32 Å². The van der Waals surface area contributed by atoms with E-state index in [1.165, 1.54) is 24.3 Å². The molecule has 20 heavy (non-hydrogen) atoms. The van der Waals surface area contributed by atoms with Crippen LogP contribution in [-0.2, 0) is 5.60 Å². The van der Waals surface area contributed by atoms with E-state index in [2.05, 4.69) is 5.32 Å². The third-order valence-electron chi connectivity index (χ3n) is 2.83. The fourth-order valence-corrected chi connectivity index (χ4v) is 2.51. The second kappa shape index (κ2) is 5.68. The average Bonchev–Trinajstić information content (AvgIpc) is 2.91. The maximum Gasteiger partial charge on any atom is 0.257 e. The van der Waals surface area contributed by atoms with Crippen LogP contribution in [0.4, 0.5) is 8.78 Å². The molecule has 6 heteroatoms. The molecule has 3 nitrogen and oxygen atoms in total. The number of thiophene rings is 1. The van der Waals surface area contributed by atoms with Gasteiger partial charge < -0.3 is 10.4 Å². The van der Waals surface area contributed by atoms with Crippen LogP contribution in [-0.4, -0.2) is 17.6 Å². The minimum absolute atomic E-state index is 0.139. The van der Waals surface area contributed by atoms with Crippen molar-refractivity contribution in [2.24, 2.45) is 0 Å². The summed E-state index contributed by atoms with van der Waals surface area (Å²) in [6.45, 7) is 1.39. The van der Waals surface area contributed by atoms with Crippen molar-refractivity contribution < 1.29 is 18.7 Å². The van der Waals surface area contributed by atoms with Crippen molar-refractivity contribution in [2.45, 2.75) is 12.5 Å². The Hall–Kier alpha value is -1.79. The van der Waals surface area contributed by atoms with Gasteiger partial charge in [0.25, 0.3) is 5.91 Å². The number of aliphatic hydroxyl groups is 1. The second-order valence-corrected chi connectivity index (χ2v) is 5.48. The summed E-state index contributed by atoms with van der Waals surface area (Å²) in [7, 11) is 0. The maximum atomic E-state index is 13.4. The minimum Gasteiger partial charge on any atom is -0.383 e. The normalized spacial score (nSPS) is 13.8. The topological polar surface area (TPSA) is 49.3 Å². The van der Waals surface area contributed by atoms with Crippen LogP contribution in [0.1, 0.15) is 22.2 Å². The molecule has 0 spiro atoms. The molecule has 2 rings (SSSR count). The largest absolute Gasteiger partial charge is 0.383 e. The van der Waals surface area contributed by atoms with Crippen molar-refractivity contribution in [1.29, 1.82) is 0 Å². The summed E-state index contributed by atoms with van der Waals surface area (Å²) in [5.41, 5.74) is -1.93. The summed E-state index contributed by atoms with van der Waals surface area (Å²) in [5, 5.41) is 14.4. The lowest BCUT2D eigenvalue weighted by atomic mass is 10.0. The highest BCUT2D eigenvalue weighted by atomic mass is 32.1. The van der Waals surface area contributed by atoms with Crippen LogP contribution < -0.4 is 5.32 Å². The van der Waals surface area contributed by atoms with Crippen molar-refractivity contribution in [3.05, 3.63) is 57.8 Å². The smallest absolute Gasteiger partial charge is 0.257 e. The van der Waals surface area contributed by atoms with Gasteiger partial charge in [-0.1, -0.05) is 12.1 Å². The zero-order valence-corrected chi connectivity index (χ0v) is 11.5. The Balaban J connectivity index is 2.10. The van der Waals surface area contributed by atoms with Gasteiger partial charge in [0.1, 0.15) is 22.8 Å². The number of hydrogen-bond acceptors (Lipinski definition) is 3. The van der Waals surface area contributed by atoms with Crippen LogP contribution in [0, 0.1) is 11.6 Å². The molecule has 1 unspecified atom stereocenters. The van der Waals surface area contributed by atoms with Crippen molar-refractivity contribution in [2.75, 3.05) is 6.54 Å². The quantitative estimate of drug-likeness (QED) is 0.911. The third-order valence-corrected chi connectivity index (χ3v) is 3.96. The zero-order chi connectivity index (χ0) is 14.8. The van der Waals surface area contributed by atoms with E-state index in [0.29, 0.717) is 4.88 Å². The van der Waals surface area contributed by atoms with E-state index >= 15 is 0 Å². The number of hydrogen-bond donors (Lipinski definition) is 2. The number of carbonyl (C=O) groups is 1. The SMILES string of the molecule is CC(O)(CNC(=O)c1c(F)cccc1F)c1cccs1. The standard InChI is InChI=1S/C14H13F2NO2S/c1-14(19,11-6-3-7-20-11)8-17-13(18)12-9(15)4-2-5-10(12)16/h2-7,19H,8H2,1H3,(H,17,18). The summed E-state index contributed by atoms with van der Waals surface area (Å²) in [4.78, 5) is 12.5. The highest BCUT2D eigenvalue weighted by molar-refractivity contribution is 7.10. The van der Waals surface area contributed by atoms with Gasteiger partial charge in [0.2, 0.25) is 0 Å². The highest BCUT2D eigenvalue weighted by Gasteiger charge is 2.26. The predicted molar refractivity (Wildman–Crippen MR) is 72.6 cm³/mol. The van der Waals surface area contributed by atoms with Gasteiger partial charge in [-0.05, 0) is 30.5 Å². The molecule has 0 saturated heterocycles. The molecule has 1 amide bonds. The molecule has 0 saturated carbocycles. The van der Waals surface area contributed by atoms with Crippen LogP contribution in [0.2, 0.25) is 0 Å². The van der Waals surface area contributed by atoms with E-state index in [1.807, 2.05) is 0 Å². The first-order chi connectivity index (χ1) is 9.42. The molecule has 0 aliphatic rings. The molecule has 1 aromatic carbocycles. The molecular weight excluding hydrogens is 284 g/mol. The first-order valence-corrected chi connectivity index (χ1v) is 6.78. The van der Waals surface area contributed by atoms with E-state index in [4.69, 9.17) is 0 Å². The van der Waals surface area contributed by atoms with Crippen molar-refractivity contribution >= 4 is 17.2 Å². The second-order valence-electron chi connectivity index (χ2n) is 4.53. The van der Waals surface area contributed by atoms with Gasteiger partial charge in [0.05, 0.1) is 6.54 Å². The van der Waals surface area contributed by atoms with Crippen LogP contribution in [0.3, 0.4) is 0 Å². The molecule has 2 aromatic rings. The Morgan fingerprint density at radius 3 is 2.50 bits per heavy atom. The lowest BCUT2D eigenvalue weighted by molar-refractivity contribution is 0.0554. The summed E-state index contributed by atoms with van der Waals surface area (Å²) in [6.07, 6.45) is 0. The summed E-state index contributed by atoms with van der Waals surface area (Å²) >= 11 is 1.33. The highest BCUT2D eigenvalue weighted by Crippen LogP contribution is 2.24. The fraction of sp³-hybridized carbons (Fsp3) is 0.214. The summed E-state index contributed by atoms with van der Waals surface area (Å²) in [6, 6.07) is 6.70. The number of carbonyl (C=O) groups excluding carboxylic acids is 1. The van der Waals surface area contributed by atoms with E-state index < -0.39 is 28.7 Å². The monoisotopic (exact) mass is 297 g/mol. The Kier molecular flexibility index (Phi) is 4.15.